The third kappa shape index (κ3) is 6.49. The average molecular weight is 609 g/mol. The number of hydrogen-bond acceptors (Lipinski definition) is 9. The number of cyclic esters (lactones) is 1. The van der Waals surface area contributed by atoms with Gasteiger partial charge < -0.3 is 29.7 Å². The number of carbonyl (C=O) groups is 3. The van der Waals surface area contributed by atoms with E-state index >= 15 is 0 Å². The van der Waals surface area contributed by atoms with Crippen LogP contribution in [0.4, 0.5) is 14.9 Å². The van der Waals surface area contributed by atoms with E-state index in [1.54, 1.807) is 30.9 Å². The summed E-state index contributed by atoms with van der Waals surface area (Å²) in [6, 6.07) is 6.60. The van der Waals surface area contributed by atoms with Gasteiger partial charge in [0, 0.05) is 45.6 Å². The van der Waals surface area contributed by atoms with Crippen LogP contribution in [0, 0.1) is 5.82 Å². The Balaban J connectivity index is 0.00000370. The second-order valence-corrected chi connectivity index (χ2v) is 11.0. The molecule has 40 heavy (non-hydrogen) atoms. The minimum Gasteiger partial charge on any atom is -0.450 e. The zero-order valence-electron chi connectivity index (χ0n) is 21.5. The summed E-state index contributed by atoms with van der Waals surface area (Å²) in [6.45, 7) is 4.63. The van der Waals surface area contributed by atoms with E-state index in [-0.39, 0.29) is 46.9 Å². The number of pyridine rings is 1. The number of halogens is 2. The van der Waals surface area contributed by atoms with Crippen LogP contribution in [0.15, 0.2) is 36.5 Å². The number of urea groups is 1. The van der Waals surface area contributed by atoms with Crippen LogP contribution < -0.4 is 15.4 Å². The van der Waals surface area contributed by atoms with Crippen molar-refractivity contribution in [1.29, 1.82) is 0 Å². The number of nitrogens with one attached hydrogen (secondary N) is 2. The van der Waals surface area contributed by atoms with Gasteiger partial charge in [0.15, 0.2) is 17.7 Å². The molecule has 3 aromatic rings. The van der Waals surface area contributed by atoms with Gasteiger partial charge in [0.25, 0.3) is 5.91 Å². The highest BCUT2D eigenvalue weighted by molar-refractivity contribution is 7.80. The van der Waals surface area contributed by atoms with E-state index in [1.165, 1.54) is 35.7 Å². The molecule has 2 aliphatic heterocycles. The van der Waals surface area contributed by atoms with Crippen LogP contribution in [0.3, 0.4) is 0 Å². The van der Waals surface area contributed by atoms with Crippen molar-refractivity contribution >= 4 is 74.8 Å². The lowest BCUT2D eigenvalue weighted by molar-refractivity contribution is -0.160. The average Bonchev–Trinajstić information content (AvgIpc) is 3.60. The second-order valence-electron chi connectivity index (χ2n) is 9.49. The molecule has 2 aromatic heterocycles. The molecule has 0 aliphatic carbocycles. The zero-order valence-corrected chi connectivity index (χ0v) is 24.0. The minimum atomic E-state index is -1.07. The van der Waals surface area contributed by atoms with Crippen LogP contribution in [-0.2, 0) is 14.3 Å². The fraction of sp³-hybridized carbons (Fsp3) is 0.346. The predicted molar refractivity (Wildman–Crippen MR) is 153 cm³/mol. The number of anilines is 1. The molecular formula is C26H26ClFN4O6S2. The number of fused-ring (bicyclic) bond motifs is 1. The Morgan fingerprint density at radius 2 is 2.02 bits per heavy atom. The number of aromatic nitrogens is 1. The van der Waals surface area contributed by atoms with Crippen molar-refractivity contribution in [3.8, 4) is 11.5 Å². The first-order valence-electron chi connectivity index (χ1n) is 12.3. The maximum absolute atomic E-state index is 14.9. The van der Waals surface area contributed by atoms with Crippen LogP contribution in [0.1, 0.15) is 42.8 Å². The first kappa shape index (κ1) is 29.6. The summed E-state index contributed by atoms with van der Waals surface area (Å²) in [4.78, 5) is 44.1. The van der Waals surface area contributed by atoms with Gasteiger partial charge >= 0.3 is 12.0 Å². The molecule has 0 saturated carbocycles. The van der Waals surface area contributed by atoms with Crippen molar-refractivity contribution in [2.75, 3.05) is 18.4 Å². The quantitative estimate of drug-likeness (QED) is 0.282. The van der Waals surface area contributed by atoms with Crippen LogP contribution >= 0.6 is 36.0 Å². The van der Waals surface area contributed by atoms with Gasteiger partial charge in [0.1, 0.15) is 5.75 Å². The number of rotatable bonds is 6. The molecule has 1 unspecified atom stereocenters. The number of hydrogen-bond donors (Lipinski definition) is 2. The molecule has 1 atom stereocenters. The summed E-state index contributed by atoms with van der Waals surface area (Å²) in [6.07, 6.45) is 2.45. The molecule has 2 aliphatic rings. The van der Waals surface area contributed by atoms with Gasteiger partial charge in [-0.15, -0.1) is 23.7 Å². The Kier molecular flexibility index (Phi) is 8.88. The van der Waals surface area contributed by atoms with Crippen molar-refractivity contribution in [2.24, 2.45) is 0 Å². The number of ether oxygens (including phenoxy) is 3. The molecule has 10 nitrogen and oxygen atoms in total. The van der Waals surface area contributed by atoms with Crippen LogP contribution in [0.25, 0.3) is 10.2 Å². The number of esters is 1. The number of benzene rings is 1. The lowest BCUT2D eigenvalue weighted by Gasteiger charge is -2.16. The first-order chi connectivity index (χ1) is 18.6. The fourth-order valence-electron chi connectivity index (χ4n) is 4.34. The van der Waals surface area contributed by atoms with Gasteiger partial charge in [0.05, 0.1) is 25.8 Å². The number of nitrogens with zero attached hydrogens (tertiary/aromatic N) is 2. The normalized spacial score (nSPS) is 17.7. The molecule has 2 N–H and O–H groups in total. The van der Waals surface area contributed by atoms with E-state index in [0.29, 0.717) is 15.1 Å². The van der Waals surface area contributed by atoms with E-state index in [4.69, 9.17) is 26.4 Å². The third-order valence-corrected chi connectivity index (χ3v) is 7.46. The number of para-hydroxylation sites is 1. The molecule has 2 saturated heterocycles. The first-order valence-corrected chi connectivity index (χ1v) is 13.5. The Morgan fingerprint density at radius 3 is 2.73 bits per heavy atom. The highest BCUT2D eigenvalue weighted by Gasteiger charge is 2.41. The lowest BCUT2D eigenvalue weighted by atomic mass is 10.2. The van der Waals surface area contributed by atoms with E-state index in [1.807, 2.05) is 0 Å². The topological polar surface area (TPSA) is 119 Å². The summed E-state index contributed by atoms with van der Waals surface area (Å²) in [5.41, 5.74) is 0.590. The van der Waals surface area contributed by atoms with Gasteiger partial charge in [-0.2, -0.15) is 0 Å². The predicted octanol–water partition coefficient (Wildman–Crippen LogP) is 5.40. The molecule has 0 spiro atoms. The molecule has 1 aromatic carbocycles. The van der Waals surface area contributed by atoms with Crippen LogP contribution in [-0.4, -0.2) is 57.8 Å². The molecule has 3 amide bonds. The molecule has 2 fully saturated rings. The van der Waals surface area contributed by atoms with Gasteiger partial charge in [-0.05, 0) is 31.0 Å². The number of thiophene rings is 1. The number of likely N-dealkylation sites (tertiary alicyclic amines) is 1. The van der Waals surface area contributed by atoms with Crippen LogP contribution in [0.5, 0.6) is 11.5 Å². The molecule has 0 bridgehead atoms. The Bertz CT molecular complexity index is 1480. The maximum atomic E-state index is 14.9. The number of carbonyl (C=O) groups excluding carboxylic acids is 3. The number of amides is 3. The number of thiocarbonyl (C=S) groups is 1. The molecule has 5 rings (SSSR count). The van der Waals surface area contributed by atoms with Crippen molar-refractivity contribution in [3.63, 3.8) is 0 Å². The fourth-order valence-corrected chi connectivity index (χ4v) is 5.62. The second kappa shape index (κ2) is 12.0. The lowest BCUT2D eigenvalue weighted by Crippen LogP contribution is -2.36. The third-order valence-electron chi connectivity index (χ3n) is 6.07. The SMILES string of the molecule is CC1(C)OC(=O)C(CC(=S)NC(=O)Nc2cccc(F)c2Oc2ccnc3cc(C(=O)N4CCCC4)sc23)O1.Cl. The maximum Gasteiger partial charge on any atom is 0.338 e. The zero-order chi connectivity index (χ0) is 27.7. The molecule has 212 valence electrons. The van der Waals surface area contributed by atoms with Crippen molar-refractivity contribution in [1.82, 2.24) is 15.2 Å². The molecule has 4 heterocycles. The van der Waals surface area contributed by atoms with Crippen LogP contribution in [0.2, 0.25) is 0 Å². The van der Waals surface area contributed by atoms with Gasteiger partial charge in [-0.25, -0.2) is 14.0 Å². The van der Waals surface area contributed by atoms with Crippen molar-refractivity contribution in [2.45, 2.75) is 45.0 Å². The summed E-state index contributed by atoms with van der Waals surface area (Å²) in [5.74, 6) is -2.37. The summed E-state index contributed by atoms with van der Waals surface area (Å²) >= 11 is 6.41. The summed E-state index contributed by atoms with van der Waals surface area (Å²) in [7, 11) is 0. The standard InChI is InChI=1S/C26H25FN4O6S2.ClH/c1-26(2)36-18(24(33)37-26)13-20(38)30-25(34)29-15-7-5-6-14(27)21(15)35-17-8-9-28-16-12-19(39-22(16)17)23(32)31-10-3-4-11-31;/h5-9,12,18H,3-4,10-11,13H2,1-2H3,(H2,29,30,34,38);1H. The van der Waals surface area contributed by atoms with Gasteiger partial charge in [0.2, 0.25) is 5.79 Å². The molecule has 14 heteroatoms. The Hall–Kier alpha value is -3.39. The molecule has 0 radical (unpaired) electrons. The highest BCUT2D eigenvalue weighted by atomic mass is 35.5. The Labute approximate surface area is 244 Å². The minimum absolute atomic E-state index is 0. The van der Waals surface area contributed by atoms with Crippen molar-refractivity contribution in [3.05, 3.63) is 47.2 Å². The summed E-state index contributed by atoms with van der Waals surface area (Å²) in [5, 5.41) is 4.98. The van der Waals surface area contributed by atoms with Gasteiger partial charge in [-0.3, -0.25) is 9.78 Å². The Morgan fingerprint density at radius 1 is 1.27 bits per heavy atom. The van der Waals surface area contributed by atoms with E-state index in [9.17, 15) is 18.8 Å². The smallest absolute Gasteiger partial charge is 0.338 e. The largest absolute Gasteiger partial charge is 0.450 e. The van der Waals surface area contributed by atoms with E-state index < -0.39 is 29.7 Å². The van der Waals surface area contributed by atoms with E-state index in [2.05, 4.69) is 15.6 Å². The molecular weight excluding hydrogens is 583 g/mol. The highest BCUT2D eigenvalue weighted by Crippen LogP contribution is 2.39. The summed E-state index contributed by atoms with van der Waals surface area (Å²) < 4.78 is 32.0. The van der Waals surface area contributed by atoms with Crippen molar-refractivity contribution < 1.29 is 33.0 Å². The van der Waals surface area contributed by atoms with Gasteiger partial charge in [-0.1, -0.05) is 18.3 Å². The monoisotopic (exact) mass is 608 g/mol. The van der Waals surface area contributed by atoms with E-state index in [0.717, 1.165) is 25.9 Å².